The summed E-state index contributed by atoms with van der Waals surface area (Å²) in [5.41, 5.74) is 0.156. The molecule has 2 aromatic rings. The highest BCUT2D eigenvalue weighted by Crippen LogP contribution is 2.19. The third-order valence-electron chi connectivity index (χ3n) is 3.61. The van der Waals surface area contributed by atoms with Gasteiger partial charge in [-0.3, -0.25) is 14.4 Å². The first kappa shape index (κ1) is 21.2. The molecule has 2 amide bonds. The molecule has 0 fully saturated rings. The fraction of sp³-hybridized carbons (Fsp3) is 0.211. The average molecular weight is 409 g/mol. The highest BCUT2D eigenvalue weighted by Gasteiger charge is 2.20. The third-order valence-corrected chi connectivity index (χ3v) is 3.85. The van der Waals surface area contributed by atoms with Gasteiger partial charge in [-0.15, -0.1) is 0 Å². The van der Waals surface area contributed by atoms with Crippen LogP contribution in [0.25, 0.3) is 0 Å². The third kappa shape index (κ3) is 5.68. The number of hydrogen-bond acceptors (Lipinski definition) is 5. The van der Waals surface area contributed by atoms with E-state index in [-0.39, 0.29) is 16.3 Å². The zero-order chi connectivity index (χ0) is 20.7. The van der Waals surface area contributed by atoms with Crippen molar-refractivity contribution >= 4 is 35.1 Å². The van der Waals surface area contributed by atoms with Gasteiger partial charge in [0.1, 0.15) is 18.1 Å². The summed E-state index contributed by atoms with van der Waals surface area (Å²) in [4.78, 5) is 36.0. The standard InChI is InChI=1S/C19H18ClFN2O5/c1-11(18(25)23-15-8-7-12(20)9-14(15)21)28-17(24)10-22-19(26)13-5-3-4-6-16(13)27-2/h3-9,11H,10H2,1-2H3,(H,22,26)(H,23,25)/t11-/m1/s1. The van der Waals surface area contributed by atoms with E-state index in [0.29, 0.717) is 5.75 Å². The maximum absolute atomic E-state index is 13.7. The van der Waals surface area contributed by atoms with Crippen LogP contribution >= 0.6 is 11.6 Å². The van der Waals surface area contributed by atoms with Crippen LogP contribution in [0.5, 0.6) is 5.75 Å². The molecule has 0 unspecified atom stereocenters. The normalized spacial score (nSPS) is 11.3. The average Bonchev–Trinajstić information content (AvgIpc) is 2.68. The Balaban J connectivity index is 1.86. The minimum absolute atomic E-state index is 0.0956. The molecule has 0 bridgehead atoms. The molecule has 1 atom stereocenters. The zero-order valence-corrected chi connectivity index (χ0v) is 15.9. The summed E-state index contributed by atoms with van der Waals surface area (Å²) in [7, 11) is 1.42. The summed E-state index contributed by atoms with van der Waals surface area (Å²) >= 11 is 5.64. The minimum Gasteiger partial charge on any atom is -0.496 e. The number of hydrogen-bond donors (Lipinski definition) is 2. The van der Waals surface area contributed by atoms with E-state index < -0.39 is 36.2 Å². The summed E-state index contributed by atoms with van der Waals surface area (Å²) in [6.45, 7) is 0.868. The number of rotatable bonds is 7. The highest BCUT2D eigenvalue weighted by atomic mass is 35.5. The molecular formula is C19H18ClFN2O5. The molecule has 148 valence electrons. The molecule has 2 aromatic carbocycles. The van der Waals surface area contributed by atoms with E-state index in [9.17, 15) is 18.8 Å². The number of amides is 2. The fourth-order valence-electron chi connectivity index (χ4n) is 2.20. The van der Waals surface area contributed by atoms with E-state index in [1.165, 1.54) is 32.2 Å². The van der Waals surface area contributed by atoms with Gasteiger partial charge in [-0.1, -0.05) is 23.7 Å². The van der Waals surface area contributed by atoms with Crippen LogP contribution in [0.1, 0.15) is 17.3 Å². The van der Waals surface area contributed by atoms with Gasteiger partial charge in [0.25, 0.3) is 11.8 Å². The Kier molecular flexibility index (Phi) is 7.34. The van der Waals surface area contributed by atoms with E-state index in [2.05, 4.69) is 10.6 Å². The van der Waals surface area contributed by atoms with Gasteiger partial charge < -0.3 is 20.1 Å². The van der Waals surface area contributed by atoms with E-state index in [1.807, 2.05) is 0 Å². The lowest BCUT2D eigenvalue weighted by atomic mass is 10.2. The maximum atomic E-state index is 13.7. The SMILES string of the molecule is COc1ccccc1C(=O)NCC(=O)O[C@H](C)C(=O)Nc1ccc(Cl)cc1F. The van der Waals surface area contributed by atoms with Gasteiger partial charge in [0.15, 0.2) is 6.10 Å². The molecule has 0 saturated heterocycles. The first-order valence-corrected chi connectivity index (χ1v) is 8.56. The van der Waals surface area contributed by atoms with Crippen LogP contribution < -0.4 is 15.4 Å². The smallest absolute Gasteiger partial charge is 0.326 e. The van der Waals surface area contributed by atoms with Crippen LogP contribution in [0.3, 0.4) is 0 Å². The minimum atomic E-state index is -1.20. The van der Waals surface area contributed by atoms with E-state index >= 15 is 0 Å². The molecule has 0 saturated carbocycles. The lowest BCUT2D eigenvalue weighted by Crippen LogP contribution is -2.36. The molecule has 0 aromatic heterocycles. The Hall–Kier alpha value is -3.13. The highest BCUT2D eigenvalue weighted by molar-refractivity contribution is 6.30. The molecule has 2 N–H and O–H groups in total. The molecular weight excluding hydrogens is 391 g/mol. The number of ether oxygens (including phenoxy) is 2. The topological polar surface area (TPSA) is 93.7 Å². The molecule has 0 heterocycles. The Labute approximate surface area is 165 Å². The maximum Gasteiger partial charge on any atom is 0.326 e. The van der Waals surface area contributed by atoms with E-state index in [0.717, 1.165) is 6.07 Å². The van der Waals surface area contributed by atoms with Gasteiger partial charge in [0, 0.05) is 5.02 Å². The second kappa shape index (κ2) is 9.70. The fourth-order valence-corrected chi connectivity index (χ4v) is 2.36. The van der Waals surface area contributed by atoms with Crippen LogP contribution in [-0.2, 0) is 14.3 Å². The first-order valence-electron chi connectivity index (χ1n) is 8.18. The Morgan fingerprint density at radius 3 is 2.57 bits per heavy atom. The van der Waals surface area contributed by atoms with Crippen molar-refractivity contribution in [2.45, 2.75) is 13.0 Å². The Morgan fingerprint density at radius 1 is 1.18 bits per heavy atom. The van der Waals surface area contributed by atoms with Gasteiger partial charge in [-0.05, 0) is 37.3 Å². The van der Waals surface area contributed by atoms with Crippen molar-refractivity contribution < 1.29 is 28.2 Å². The van der Waals surface area contributed by atoms with Gasteiger partial charge in [0.2, 0.25) is 0 Å². The molecule has 2 rings (SSSR count). The van der Waals surface area contributed by atoms with Crippen LogP contribution in [0.4, 0.5) is 10.1 Å². The lowest BCUT2D eigenvalue weighted by molar-refractivity contribution is -0.152. The lowest BCUT2D eigenvalue weighted by Gasteiger charge is -2.14. The predicted octanol–water partition coefficient (Wildman–Crippen LogP) is 2.79. The number of methoxy groups -OCH3 is 1. The largest absolute Gasteiger partial charge is 0.496 e. The number of nitrogens with one attached hydrogen (secondary N) is 2. The second-order valence-corrected chi connectivity index (χ2v) is 6.06. The van der Waals surface area contributed by atoms with Crippen molar-refractivity contribution in [3.8, 4) is 5.75 Å². The zero-order valence-electron chi connectivity index (χ0n) is 15.1. The summed E-state index contributed by atoms with van der Waals surface area (Å²) in [5, 5.41) is 4.86. The molecule has 0 spiro atoms. The summed E-state index contributed by atoms with van der Waals surface area (Å²) in [6, 6.07) is 10.2. The van der Waals surface area contributed by atoms with Crippen LogP contribution in [-0.4, -0.2) is 37.5 Å². The van der Waals surface area contributed by atoms with Crippen molar-refractivity contribution in [1.29, 1.82) is 0 Å². The molecule has 9 heteroatoms. The van der Waals surface area contributed by atoms with E-state index in [4.69, 9.17) is 21.1 Å². The van der Waals surface area contributed by atoms with Gasteiger partial charge >= 0.3 is 5.97 Å². The van der Waals surface area contributed by atoms with E-state index in [1.54, 1.807) is 18.2 Å². The Bertz CT molecular complexity index is 890. The van der Waals surface area contributed by atoms with Crippen molar-refractivity contribution in [2.24, 2.45) is 0 Å². The number of benzene rings is 2. The van der Waals surface area contributed by atoms with Gasteiger partial charge in [-0.2, -0.15) is 0 Å². The quantitative estimate of drug-likeness (QED) is 0.687. The molecule has 0 radical (unpaired) electrons. The second-order valence-electron chi connectivity index (χ2n) is 5.63. The predicted molar refractivity (Wildman–Crippen MR) is 101 cm³/mol. The number of para-hydroxylation sites is 1. The van der Waals surface area contributed by atoms with Gasteiger partial charge in [0.05, 0.1) is 18.4 Å². The van der Waals surface area contributed by atoms with Crippen molar-refractivity contribution in [2.75, 3.05) is 19.0 Å². The number of carbonyl (C=O) groups excluding carboxylic acids is 3. The Morgan fingerprint density at radius 2 is 1.89 bits per heavy atom. The summed E-state index contributed by atoms with van der Waals surface area (Å²) in [6.07, 6.45) is -1.20. The molecule has 7 nitrogen and oxygen atoms in total. The van der Waals surface area contributed by atoms with Crippen molar-refractivity contribution in [3.05, 3.63) is 58.9 Å². The van der Waals surface area contributed by atoms with Crippen LogP contribution in [0, 0.1) is 5.82 Å². The first-order chi connectivity index (χ1) is 13.3. The molecule has 0 aliphatic rings. The van der Waals surface area contributed by atoms with Crippen molar-refractivity contribution in [3.63, 3.8) is 0 Å². The van der Waals surface area contributed by atoms with Crippen LogP contribution in [0.2, 0.25) is 5.02 Å². The van der Waals surface area contributed by atoms with Gasteiger partial charge in [-0.25, -0.2) is 4.39 Å². The number of carbonyl (C=O) groups is 3. The molecule has 0 aliphatic carbocycles. The number of halogens is 2. The number of esters is 1. The summed E-state index contributed by atoms with van der Waals surface area (Å²) < 4.78 is 23.7. The molecule has 0 aliphatic heterocycles. The van der Waals surface area contributed by atoms with Crippen molar-refractivity contribution in [1.82, 2.24) is 5.32 Å². The molecule has 28 heavy (non-hydrogen) atoms. The summed E-state index contributed by atoms with van der Waals surface area (Å²) in [5.74, 6) is -2.46. The monoisotopic (exact) mass is 408 g/mol. The van der Waals surface area contributed by atoms with Crippen LogP contribution in [0.15, 0.2) is 42.5 Å². The number of anilines is 1.